The monoisotopic (exact) mass is 458 g/mol. The van der Waals surface area contributed by atoms with Crippen LogP contribution in [0.2, 0.25) is 0 Å². The molecule has 0 radical (unpaired) electrons. The zero-order chi connectivity index (χ0) is 23.8. The van der Waals surface area contributed by atoms with E-state index in [1.807, 2.05) is 0 Å². The van der Waals surface area contributed by atoms with Gasteiger partial charge >= 0.3 is 0 Å². The maximum absolute atomic E-state index is 11.7. The topological polar surface area (TPSA) is 65.5 Å². The van der Waals surface area contributed by atoms with Gasteiger partial charge in [0.15, 0.2) is 0 Å². The van der Waals surface area contributed by atoms with Crippen LogP contribution in [0.4, 0.5) is 0 Å². The van der Waals surface area contributed by atoms with E-state index in [4.69, 9.17) is 9.47 Å². The highest BCUT2D eigenvalue weighted by atomic mass is 16.7. The second kappa shape index (κ2) is 6.66. The molecule has 12 atom stereocenters. The Hall–Kier alpha value is -0.420. The fourth-order valence-corrected chi connectivity index (χ4v) is 10.3. The molecular formula is C29H46O4. The van der Waals surface area contributed by atoms with Crippen LogP contribution in [-0.2, 0) is 9.47 Å². The Bertz CT molecular complexity index is 870. The van der Waals surface area contributed by atoms with Gasteiger partial charge in [0.25, 0.3) is 0 Å². The van der Waals surface area contributed by atoms with Crippen LogP contribution < -0.4 is 0 Å². The van der Waals surface area contributed by atoms with Crippen LogP contribution in [0, 0.1) is 40.4 Å². The van der Waals surface area contributed by atoms with Gasteiger partial charge in [-0.2, -0.15) is 0 Å². The Morgan fingerprint density at radius 3 is 2.42 bits per heavy atom. The number of hydrogen-bond donors (Lipinski definition) is 2. The Balaban J connectivity index is 1.32. The molecule has 2 saturated heterocycles. The average molecular weight is 459 g/mol. The van der Waals surface area contributed by atoms with Crippen LogP contribution in [0.25, 0.3) is 0 Å². The molecule has 0 bridgehead atoms. The number of epoxide rings is 2. The molecule has 33 heavy (non-hydrogen) atoms. The number of ether oxygens (including phenoxy) is 2. The van der Waals surface area contributed by atoms with Gasteiger partial charge in [0.1, 0.15) is 16.8 Å². The van der Waals surface area contributed by atoms with Crippen LogP contribution in [0.3, 0.4) is 0 Å². The van der Waals surface area contributed by atoms with E-state index >= 15 is 0 Å². The van der Waals surface area contributed by atoms with Crippen LogP contribution in [0.5, 0.6) is 0 Å². The van der Waals surface area contributed by atoms with Crippen LogP contribution in [0.1, 0.15) is 92.9 Å². The third-order valence-corrected chi connectivity index (χ3v) is 12.6. The van der Waals surface area contributed by atoms with Gasteiger partial charge in [-0.25, -0.2) is 0 Å². The van der Waals surface area contributed by atoms with E-state index in [2.05, 4.69) is 48.1 Å². The molecule has 0 aromatic heterocycles. The van der Waals surface area contributed by atoms with Crippen molar-refractivity contribution in [2.45, 2.75) is 128 Å². The van der Waals surface area contributed by atoms with E-state index < -0.39 is 11.7 Å². The Morgan fingerprint density at radius 2 is 1.73 bits per heavy atom. The summed E-state index contributed by atoms with van der Waals surface area (Å²) in [6.07, 6.45) is 7.40. The molecule has 4 aliphatic carbocycles. The van der Waals surface area contributed by atoms with E-state index in [0.717, 1.165) is 55.9 Å². The first-order valence-electron chi connectivity index (χ1n) is 13.8. The molecule has 4 heteroatoms. The molecule has 2 heterocycles. The molecule has 0 aromatic carbocycles. The highest BCUT2D eigenvalue weighted by molar-refractivity contribution is 5.49. The number of fused-ring (bicyclic) bond motifs is 1. The molecule has 6 aliphatic rings. The third-order valence-electron chi connectivity index (χ3n) is 12.6. The number of aliphatic hydroxyl groups excluding tert-OH is 2. The predicted molar refractivity (Wildman–Crippen MR) is 129 cm³/mol. The fraction of sp³-hybridized carbons (Fsp3) is 0.931. The molecule has 0 amide bonds. The van der Waals surface area contributed by atoms with Crippen molar-refractivity contribution < 1.29 is 19.7 Å². The SMILES string of the molecule is C=C1[C@@H](O)CC[C@@]2(C)[C@H]1CC[C@@]13O[C@]14[C@@H](O)C[C@H]([C@H](C)CC[C@@H](C)C(C)C)[C@@]4(C)C[C@H]1O[C@]132. The normalized spacial score (nSPS) is 58.0. The zero-order valence-electron chi connectivity index (χ0n) is 21.7. The van der Waals surface area contributed by atoms with Gasteiger partial charge < -0.3 is 19.7 Å². The van der Waals surface area contributed by atoms with Crippen molar-refractivity contribution in [2.75, 3.05) is 0 Å². The molecular weight excluding hydrogens is 412 g/mol. The molecule has 2 aliphatic heterocycles. The van der Waals surface area contributed by atoms with Crippen molar-refractivity contribution in [3.05, 3.63) is 12.2 Å². The Kier molecular flexibility index (Phi) is 4.64. The molecule has 186 valence electrons. The predicted octanol–water partition coefficient (Wildman–Crippen LogP) is 5.26. The zero-order valence-corrected chi connectivity index (χ0v) is 21.7. The van der Waals surface area contributed by atoms with Crippen molar-refractivity contribution in [1.29, 1.82) is 0 Å². The van der Waals surface area contributed by atoms with Crippen LogP contribution >= 0.6 is 0 Å². The summed E-state index contributed by atoms with van der Waals surface area (Å²) in [5.41, 5.74) is -0.218. The minimum Gasteiger partial charge on any atom is -0.390 e. The van der Waals surface area contributed by atoms with E-state index in [-0.39, 0.29) is 40.2 Å². The lowest BCUT2D eigenvalue weighted by atomic mass is 9.43. The van der Waals surface area contributed by atoms with Crippen molar-refractivity contribution in [3.63, 3.8) is 0 Å². The molecule has 0 aromatic rings. The van der Waals surface area contributed by atoms with E-state index in [0.29, 0.717) is 11.8 Å². The first-order valence-corrected chi connectivity index (χ1v) is 13.8. The molecule has 2 N–H and O–H groups in total. The molecule has 0 unspecified atom stereocenters. The van der Waals surface area contributed by atoms with Crippen LogP contribution in [-0.4, -0.2) is 45.3 Å². The largest absolute Gasteiger partial charge is 0.390 e. The molecule has 3 spiro atoms. The smallest absolute Gasteiger partial charge is 0.133 e. The number of rotatable bonds is 5. The van der Waals surface area contributed by atoms with E-state index in [9.17, 15) is 10.2 Å². The molecule has 4 saturated carbocycles. The number of aliphatic hydroxyl groups is 2. The number of hydrogen-bond acceptors (Lipinski definition) is 4. The lowest BCUT2D eigenvalue weighted by Crippen LogP contribution is -2.67. The minimum absolute atomic E-state index is 0.0358. The summed E-state index contributed by atoms with van der Waals surface area (Å²) in [5.74, 6) is 2.79. The van der Waals surface area contributed by atoms with Gasteiger partial charge in [-0.15, -0.1) is 0 Å². The summed E-state index contributed by atoms with van der Waals surface area (Å²) in [5, 5.41) is 22.2. The van der Waals surface area contributed by atoms with Gasteiger partial charge in [0.2, 0.25) is 0 Å². The Morgan fingerprint density at radius 1 is 1.00 bits per heavy atom. The van der Waals surface area contributed by atoms with Crippen molar-refractivity contribution >= 4 is 0 Å². The maximum Gasteiger partial charge on any atom is 0.133 e. The van der Waals surface area contributed by atoms with E-state index in [1.165, 1.54) is 12.8 Å². The maximum atomic E-state index is 11.7. The summed E-state index contributed by atoms with van der Waals surface area (Å²) in [6, 6.07) is 0. The summed E-state index contributed by atoms with van der Waals surface area (Å²) in [6.45, 7) is 18.6. The van der Waals surface area contributed by atoms with Crippen molar-refractivity contribution in [2.24, 2.45) is 40.4 Å². The summed E-state index contributed by atoms with van der Waals surface area (Å²) >= 11 is 0. The molecule has 4 nitrogen and oxygen atoms in total. The van der Waals surface area contributed by atoms with Gasteiger partial charge in [-0.05, 0) is 73.7 Å². The molecule has 6 fully saturated rings. The van der Waals surface area contributed by atoms with E-state index in [1.54, 1.807) is 0 Å². The minimum atomic E-state index is -0.457. The summed E-state index contributed by atoms with van der Waals surface area (Å²) in [4.78, 5) is 0. The van der Waals surface area contributed by atoms with Gasteiger partial charge in [-0.1, -0.05) is 61.0 Å². The highest BCUT2D eigenvalue weighted by Gasteiger charge is 3.00. The third kappa shape index (κ3) is 2.34. The fourth-order valence-electron chi connectivity index (χ4n) is 10.3. The quantitative estimate of drug-likeness (QED) is 0.436. The van der Waals surface area contributed by atoms with Gasteiger partial charge in [0.05, 0.1) is 18.3 Å². The first kappa shape index (κ1) is 23.0. The van der Waals surface area contributed by atoms with Crippen molar-refractivity contribution in [1.82, 2.24) is 0 Å². The lowest BCUT2D eigenvalue weighted by molar-refractivity contribution is -0.0740. The second-order valence-corrected chi connectivity index (χ2v) is 13.9. The summed E-state index contributed by atoms with van der Waals surface area (Å²) in [7, 11) is 0. The molecule has 6 rings (SSSR count). The summed E-state index contributed by atoms with van der Waals surface area (Å²) < 4.78 is 13.8. The van der Waals surface area contributed by atoms with Crippen LogP contribution in [0.15, 0.2) is 12.2 Å². The second-order valence-electron chi connectivity index (χ2n) is 13.9. The van der Waals surface area contributed by atoms with Crippen molar-refractivity contribution in [3.8, 4) is 0 Å². The lowest BCUT2D eigenvalue weighted by Gasteiger charge is -2.57. The first-order chi connectivity index (χ1) is 15.4. The Labute approximate surface area is 200 Å². The van der Waals surface area contributed by atoms with Gasteiger partial charge in [0, 0.05) is 10.8 Å². The van der Waals surface area contributed by atoms with Gasteiger partial charge in [-0.3, -0.25) is 0 Å². The average Bonchev–Trinajstić information content (AvgIpc) is 3.63. The highest BCUT2D eigenvalue weighted by Crippen LogP contribution is 2.88. The standard InChI is InChI=1S/C29H46O4/c1-16(2)17(3)8-9-18(4)21-14-23(31)28-26(21,7)15-24-29(32-24)25(6)12-11-22(30)19(5)20(25)10-13-27(28,29)33-28/h16-18,20-24,30-31H,5,8-15H2,1-4,6-7H3/t17-,18-,20+,21-,22+,23+,24-,25+,26-,27-,28+,29+/m1/s1.